The van der Waals surface area contributed by atoms with Crippen LogP contribution in [0.4, 0.5) is 0 Å². The van der Waals surface area contributed by atoms with E-state index in [1.54, 1.807) is 0 Å². The van der Waals surface area contributed by atoms with Crippen LogP contribution in [0, 0.1) is 50.2 Å². The average molecular weight is 1240 g/mol. The highest BCUT2D eigenvalue weighted by molar-refractivity contribution is 5.80. The summed E-state index contributed by atoms with van der Waals surface area (Å²) in [6.07, 6.45) is -36.7. The fraction of sp³-hybridized carbons (Fsp3) is 0.912. The largest absolute Gasteiger partial charge is 0.481 e. The zero-order valence-electron chi connectivity index (χ0n) is 49.0. The minimum atomic E-state index is -2.20. The maximum atomic E-state index is 15.5. The molecule has 29 nitrogen and oxygen atoms in total. The zero-order chi connectivity index (χ0) is 63.1. The Morgan fingerprint density at radius 2 is 1.23 bits per heavy atom. The van der Waals surface area contributed by atoms with Crippen LogP contribution in [0.3, 0.4) is 0 Å². The Labute approximate surface area is 495 Å². The molecule has 0 aromatic rings. The van der Waals surface area contributed by atoms with Gasteiger partial charge in [0.25, 0.3) is 0 Å². The van der Waals surface area contributed by atoms with Gasteiger partial charge in [-0.15, -0.1) is 0 Å². The number of ether oxygens (including phenoxy) is 10. The number of aliphatic hydroxyl groups excluding tert-OH is 13. The molecule has 4 saturated carbocycles. The van der Waals surface area contributed by atoms with Gasteiger partial charge < -0.3 is 129 Å². The molecule has 5 saturated heterocycles. The van der Waals surface area contributed by atoms with Gasteiger partial charge in [-0.25, -0.2) is 4.79 Å². The van der Waals surface area contributed by atoms with Crippen molar-refractivity contribution >= 4 is 17.9 Å². The number of carbonyl (C=O) groups is 3. The smallest absolute Gasteiger partial charge is 0.335 e. The van der Waals surface area contributed by atoms with Crippen LogP contribution in [0.1, 0.15) is 99.8 Å². The van der Waals surface area contributed by atoms with E-state index in [1.165, 1.54) is 13.8 Å². The number of fused-ring (bicyclic) bond motifs is 7. The van der Waals surface area contributed by atoms with Crippen molar-refractivity contribution in [3.8, 4) is 0 Å². The first kappa shape index (κ1) is 66.2. The van der Waals surface area contributed by atoms with E-state index in [-0.39, 0.29) is 31.6 Å². The number of rotatable bonds is 13. The standard InChI is InChI=1S/C57H88O29/c1-21-37(81-44-34(67)30(63)25(60)17-77-44)38(82-48-41(70)56(76,19-58)20-79-48)36(69)46(80-21)84-40-31(64)26(61)18-78-47(40)86-50(75)57-13-12-51(2,3)14-23(57)22-8-9-27-52(4)15-24(59)42(85-45-35(68)32(65)33(66)39(83-45)43(71)72)55(7,49(73)74)28(52)10-11-53(27,5)54(22,6)16-29(57)62/h8,21,23-42,44-48,58-70,76H,9-20H2,1-7H3,(H,71,72)(H,73,74)/t21-,23-,24-,25+,26-,27+,28+,29-,30-,31-,32-,33-,34+,35+,36+,37-,38-,39-,40+,41-,42-,44-,45-,46-,47-,48-,52+,53+,54+,55-,56+,57+/m0/s1. The lowest BCUT2D eigenvalue weighted by Crippen LogP contribution is -2.71. The Balaban J connectivity index is 0.920. The Morgan fingerprint density at radius 1 is 0.616 bits per heavy atom. The van der Waals surface area contributed by atoms with E-state index >= 15 is 4.79 Å². The molecule has 16 N–H and O–H groups in total. The van der Waals surface area contributed by atoms with Crippen LogP contribution in [0.25, 0.3) is 0 Å². The second-order valence-electron chi connectivity index (χ2n) is 27.9. The normalized spacial score (nSPS) is 54.5. The van der Waals surface area contributed by atoms with Gasteiger partial charge in [-0.1, -0.05) is 46.3 Å². The molecule has 10 aliphatic rings. The van der Waals surface area contributed by atoms with Crippen molar-refractivity contribution in [3.63, 3.8) is 0 Å². The number of hydrogen-bond acceptors (Lipinski definition) is 27. The SMILES string of the molecule is C[C@@H]1O[C@@H](O[C@H]2[C@H](OC(=O)[C@]34CCC(C)(C)C[C@H]3C3=CC[C@@H]5[C@@]6(C)C[C@H](O)[C@H](O[C@@H]7O[C@H](C(=O)O)[C@@H](O)[C@H](O)[C@H]7O)[C@@](C)(C(=O)O)[C@@H]6CC[C@@]5(C)[C@]3(C)C[C@@H]4O)OC[C@H](O)[C@@H]2O)[C@H](O)[C@H](O[C@@H]2OC[C@](O)(CO)[C@H]2O)[C@H]1O[C@@H]1OC[C@@H](O)[C@H](O)[C@H]1O. The van der Waals surface area contributed by atoms with Crippen LogP contribution < -0.4 is 0 Å². The molecule has 5 heterocycles. The molecule has 0 unspecified atom stereocenters. The first-order valence-corrected chi connectivity index (χ1v) is 29.7. The van der Waals surface area contributed by atoms with Crippen molar-refractivity contribution < 1.29 is 143 Å². The minimum absolute atomic E-state index is 0.00785. The summed E-state index contributed by atoms with van der Waals surface area (Å²) in [7, 11) is 0. The Hall–Kier alpha value is -2.77. The molecule has 9 fully saturated rings. The maximum Gasteiger partial charge on any atom is 0.335 e. The molecule has 5 aliphatic carbocycles. The molecule has 490 valence electrons. The Kier molecular flexibility index (Phi) is 18.0. The summed E-state index contributed by atoms with van der Waals surface area (Å²) in [5, 5.41) is 176. The van der Waals surface area contributed by atoms with Gasteiger partial charge in [0.2, 0.25) is 6.29 Å². The van der Waals surface area contributed by atoms with Crippen LogP contribution >= 0.6 is 0 Å². The lowest BCUT2D eigenvalue weighted by molar-refractivity contribution is -0.381. The van der Waals surface area contributed by atoms with E-state index in [4.69, 9.17) is 47.4 Å². The van der Waals surface area contributed by atoms with Gasteiger partial charge in [0, 0.05) is 0 Å². The predicted molar refractivity (Wildman–Crippen MR) is 281 cm³/mol. The van der Waals surface area contributed by atoms with Crippen molar-refractivity contribution in [1.29, 1.82) is 0 Å². The van der Waals surface area contributed by atoms with Crippen molar-refractivity contribution in [2.75, 3.05) is 26.4 Å². The van der Waals surface area contributed by atoms with E-state index in [9.17, 15) is 91.3 Å². The Morgan fingerprint density at radius 3 is 1.87 bits per heavy atom. The molecule has 10 rings (SSSR count). The highest BCUT2D eigenvalue weighted by atomic mass is 16.8. The second-order valence-corrected chi connectivity index (χ2v) is 27.9. The quantitative estimate of drug-likeness (QED) is 0.0473. The fourth-order valence-corrected chi connectivity index (χ4v) is 17.3. The number of hydrogen-bond donors (Lipinski definition) is 16. The molecule has 0 amide bonds. The van der Waals surface area contributed by atoms with Gasteiger partial charge in [0.05, 0.1) is 50.2 Å². The molecule has 0 aromatic carbocycles. The van der Waals surface area contributed by atoms with Crippen LogP contribution in [0.2, 0.25) is 0 Å². The summed E-state index contributed by atoms with van der Waals surface area (Å²) < 4.78 is 59.0. The van der Waals surface area contributed by atoms with Crippen LogP contribution in [0.5, 0.6) is 0 Å². The van der Waals surface area contributed by atoms with Crippen molar-refractivity contribution in [2.45, 2.75) is 247 Å². The maximum absolute atomic E-state index is 15.5. The van der Waals surface area contributed by atoms with Crippen molar-refractivity contribution in [3.05, 3.63) is 11.6 Å². The van der Waals surface area contributed by atoms with Gasteiger partial charge in [0.15, 0.2) is 37.4 Å². The van der Waals surface area contributed by atoms with Crippen molar-refractivity contribution in [2.24, 2.45) is 50.2 Å². The van der Waals surface area contributed by atoms with E-state index in [0.29, 0.717) is 25.7 Å². The fourth-order valence-electron chi connectivity index (χ4n) is 17.3. The third-order valence-corrected chi connectivity index (χ3v) is 22.5. The number of aliphatic hydroxyl groups is 14. The molecule has 0 bridgehead atoms. The number of esters is 1. The molecule has 5 aliphatic heterocycles. The number of carboxylic acid groups (broad SMARTS) is 2. The molecule has 0 radical (unpaired) electrons. The van der Waals surface area contributed by atoms with Gasteiger partial charge in [-0.05, 0) is 105 Å². The van der Waals surface area contributed by atoms with Gasteiger partial charge in [-0.3, -0.25) is 9.59 Å². The lowest BCUT2D eigenvalue weighted by atomic mass is 9.33. The number of allylic oxidation sites excluding steroid dienone is 2. The predicted octanol–water partition coefficient (Wildman–Crippen LogP) is -4.17. The monoisotopic (exact) mass is 1240 g/mol. The van der Waals surface area contributed by atoms with Crippen molar-refractivity contribution in [1.82, 2.24) is 0 Å². The Bertz CT molecular complexity index is 2540. The van der Waals surface area contributed by atoms with E-state index < -0.39 is 236 Å². The zero-order valence-corrected chi connectivity index (χ0v) is 49.0. The highest BCUT2D eigenvalue weighted by Gasteiger charge is 2.74. The molecule has 0 spiro atoms. The molecule has 0 aromatic heterocycles. The highest BCUT2D eigenvalue weighted by Crippen LogP contribution is 2.76. The molecule has 29 heteroatoms. The third kappa shape index (κ3) is 10.4. The summed E-state index contributed by atoms with van der Waals surface area (Å²) in [5.74, 6) is -5.73. The first-order chi connectivity index (χ1) is 40.1. The lowest BCUT2D eigenvalue weighted by Gasteiger charge is -2.71. The van der Waals surface area contributed by atoms with Crippen LogP contribution in [0.15, 0.2) is 11.6 Å². The minimum Gasteiger partial charge on any atom is -0.481 e. The molecular formula is C57H88O29. The summed E-state index contributed by atoms with van der Waals surface area (Å²) in [5.41, 5.74) is -7.89. The van der Waals surface area contributed by atoms with Gasteiger partial charge in [0.1, 0.15) is 90.4 Å². The summed E-state index contributed by atoms with van der Waals surface area (Å²) in [4.78, 5) is 41.3. The number of carbonyl (C=O) groups excluding carboxylic acids is 1. The van der Waals surface area contributed by atoms with Crippen LogP contribution in [-0.4, -0.2) is 273 Å². The average Bonchev–Trinajstić information content (AvgIpc) is 0.740. The van der Waals surface area contributed by atoms with E-state index in [1.807, 2.05) is 13.8 Å². The molecule has 32 atom stereocenters. The molecular weight excluding hydrogens is 1150 g/mol. The topological polar surface area (TPSA) is 467 Å². The first-order valence-electron chi connectivity index (χ1n) is 29.7. The number of carboxylic acids is 2. The van der Waals surface area contributed by atoms with E-state index in [2.05, 4.69) is 26.8 Å². The van der Waals surface area contributed by atoms with Gasteiger partial charge >= 0.3 is 17.9 Å². The van der Waals surface area contributed by atoms with E-state index in [0.717, 1.165) is 5.57 Å². The van der Waals surface area contributed by atoms with Gasteiger partial charge in [-0.2, -0.15) is 0 Å². The van der Waals surface area contributed by atoms with Crippen LogP contribution in [-0.2, 0) is 61.8 Å². The summed E-state index contributed by atoms with van der Waals surface area (Å²) >= 11 is 0. The summed E-state index contributed by atoms with van der Waals surface area (Å²) in [6.45, 7) is 10.4. The molecule has 86 heavy (non-hydrogen) atoms. The number of aliphatic carboxylic acids is 2. The summed E-state index contributed by atoms with van der Waals surface area (Å²) in [6, 6.07) is 0. The second kappa shape index (κ2) is 23.4. The third-order valence-electron chi connectivity index (χ3n) is 22.5.